The van der Waals surface area contributed by atoms with E-state index in [0.29, 0.717) is 6.79 Å². The van der Waals surface area contributed by atoms with Crippen molar-refractivity contribution >= 4 is 0 Å². The van der Waals surface area contributed by atoms with E-state index in [4.69, 9.17) is 9.47 Å². The largest absolute Gasteiger partial charge is 0.469 e. The van der Waals surface area contributed by atoms with Crippen molar-refractivity contribution in [3.63, 3.8) is 0 Å². The molecule has 0 amide bonds. The smallest absolute Gasteiger partial charge is 0.189 e. The summed E-state index contributed by atoms with van der Waals surface area (Å²) in [6.45, 7) is 4.12. The standard InChI is InChI=1S/C10H12O2/c1-2-3-8-4-5-9-10(6-8)12-7-11-9/h2,4-5,10H,1,3,6-7H2. The van der Waals surface area contributed by atoms with E-state index in [-0.39, 0.29) is 6.10 Å². The van der Waals surface area contributed by atoms with Crippen molar-refractivity contribution in [1.82, 2.24) is 0 Å². The van der Waals surface area contributed by atoms with Gasteiger partial charge in [0.2, 0.25) is 0 Å². The summed E-state index contributed by atoms with van der Waals surface area (Å²) >= 11 is 0. The zero-order valence-corrected chi connectivity index (χ0v) is 6.95. The minimum Gasteiger partial charge on any atom is -0.469 e. The fourth-order valence-electron chi connectivity index (χ4n) is 1.52. The second kappa shape index (κ2) is 3.15. The van der Waals surface area contributed by atoms with Gasteiger partial charge in [-0.05, 0) is 12.5 Å². The molecular formula is C10H12O2. The Kier molecular flexibility index (Phi) is 2.00. The first-order valence-corrected chi connectivity index (χ1v) is 4.15. The lowest BCUT2D eigenvalue weighted by Gasteiger charge is -2.14. The van der Waals surface area contributed by atoms with Gasteiger partial charge in [0, 0.05) is 6.42 Å². The molecule has 0 spiro atoms. The van der Waals surface area contributed by atoms with Crippen LogP contribution in [0.25, 0.3) is 0 Å². The van der Waals surface area contributed by atoms with Gasteiger partial charge in [0.1, 0.15) is 11.9 Å². The molecule has 0 bridgehead atoms. The van der Waals surface area contributed by atoms with Crippen LogP contribution in [0.4, 0.5) is 0 Å². The molecule has 1 aliphatic carbocycles. The molecule has 0 aromatic rings. The highest BCUT2D eigenvalue weighted by atomic mass is 16.7. The predicted molar refractivity (Wildman–Crippen MR) is 46.4 cm³/mol. The Morgan fingerprint density at radius 2 is 2.50 bits per heavy atom. The summed E-state index contributed by atoms with van der Waals surface area (Å²) in [4.78, 5) is 0. The van der Waals surface area contributed by atoms with Gasteiger partial charge in [0.05, 0.1) is 0 Å². The van der Waals surface area contributed by atoms with Crippen LogP contribution < -0.4 is 0 Å². The van der Waals surface area contributed by atoms with Crippen LogP contribution in [-0.2, 0) is 9.47 Å². The maximum atomic E-state index is 5.37. The second-order valence-electron chi connectivity index (χ2n) is 3.01. The number of ether oxygens (including phenoxy) is 2. The minimum absolute atomic E-state index is 0.171. The average Bonchev–Trinajstić information content (AvgIpc) is 2.51. The molecule has 1 atom stereocenters. The van der Waals surface area contributed by atoms with Crippen LogP contribution in [-0.4, -0.2) is 12.9 Å². The topological polar surface area (TPSA) is 18.5 Å². The number of hydrogen-bond acceptors (Lipinski definition) is 2. The van der Waals surface area contributed by atoms with E-state index in [1.165, 1.54) is 5.57 Å². The molecule has 1 aliphatic heterocycles. The molecule has 1 saturated heterocycles. The summed E-state index contributed by atoms with van der Waals surface area (Å²) in [6, 6.07) is 0. The van der Waals surface area contributed by atoms with Gasteiger partial charge in [0.15, 0.2) is 6.79 Å². The lowest BCUT2D eigenvalue weighted by atomic mass is 9.99. The Hall–Kier alpha value is -1.02. The van der Waals surface area contributed by atoms with Crippen LogP contribution >= 0.6 is 0 Å². The first-order valence-electron chi connectivity index (χ1n) is 4.15. The van der Waals surface area contributed by atoms with E-state index in [2.05, 4.69) is 12.7 Å². The van der Waals surface area contributed by atoms with Crippen molar-refractivity contribution in [2.45, 2.75) is 18.9 Å². The Balaban J connectivity index is 2.09. The molecule has 0 radical (unpaired) electrons. The quantitative estimate of drug-likeness (QED) is 0.582. The van der Waals surface area contributed by atoms with Crippen LogP contribution in [0.15, 0.2) is 36.1 Å². The van der Waals surface area contributed by atoms with Gasteiger partial charge in [-0.1, -0.05) is 17.7 Å². The van der Waals surface area contributed by atoms with E-state index < -0.39 is 0 Å². The van der Waals surface area contributed by atoms with Gasteiger partial charge in [-0.25, -0.2) is 0 Å². The van der Waals surface area contributed by atoms with Gasteiger partial charge in [-0.15, -0.1) is 6.58 Å². The highest BCUT2D eigenvalue weighted by molar-refractivity contribution is 5.26. The van der Waals surface area contributed by atoms with Crippen LogP contribution in [0.1, 0.15) is 12.8 Å². The Morgan fingerprint density at radius 3 is 3.33 bits per heavy atom. The van der Waals surface area contributed by atoms with Gasteiger partial charge in [-0.3, -0.25) is 0 Å². The Morgan fingerprint density at radius 1 is 1.58 bits per heavy atom. The van der Waals surface area contributed by atoms with Crippen molar-refractivity contribution in [3.05, 3.63) is 36.1 Å². The minimum atomic E-state index is 0.171. The molecule has 0 N–H and O–H groups in total. The maximum absolute atomic E-state index is 5.37. The van der Waals surface area contributed by atoms with Crippen molar-refractivity contribution < 1.29 is 9.47 Å². The number of rotatable bonds is 2. The van der Waals surface area contributed by atoms with E-state index in [9.17, 15) is 0 Å². The molecule has 12 heavy (non-hydrogen) atoms. The van der Waals surface area contributed by atoms with Crippen LogP contribution in [0, 0.1) is 0 Å². The zero-order chi connectivity index (χ0) is 8.39. The maximum Gasteiger partial charge on any atom is 0.189 e. The highest BCUT2D eigenvalue weighted by Crippen LogP contribution is 2.28. The molecule has 0 aromatic carbocycles. The van der Waals surface area contributed by atoms with Crippen molar-refractivity contribution in [2.75, 3.05) is 6.79 Å². The van der Waals surface area contributed by atoms with Crippen LogP contribution in [0.2, 0.25) is 0 Å². The molecule has 1 heterocycles. The lowest BCUT2D eigenvalue weighted by molar-refractivity contribution is 0.0500. The van der Waals surface area contributed by atoms with Gasteiger partial charge >= 0.3 is 0 Å². The lowest BCUT2D eigenvalue weighted by Crippen LogP contribution is -2.11. The van der Waals surface area contributed by atoms with E-state index in [0.717, 1.165) is 18.6 Å². The summed E-state index contributed by atoms with van der Waals surface area (Å²) in [5, 5.41) is 0. The molecule has 0 aromatic heterocycles. The van der Waals surface area contributed by atoms with Gasteiger partial charge < -0.3 is 9.47 Å². The predicted octanol–water partition coefficient (Wildman–Crippen LogP) is 2.15. The van der Waals surface area contributed by atoms with Crippen molar-refractivity contribution in [3.8, 4) is 0 Å². The number of hydrogen-bond donors (Lipinski definition) is 0. The summed E-state index contributed by atoms with van der Waals surface area (Å²) in [6.07, 6.45) is 8.09. The third-order valence-electron chi connectivity index (χ3n) is 2.15. The fraction of sp³-hybridized carbons (Fsp3) is 0.400. The van der Waals surface area contributed by atoms with Crippen LogP contribution in [0.3, 0.4) is 0 Å². The summed E-state index contributed by atoms with van der Waals surface area (Å²) in [7, 11) is 0. The molecule has 64 valence electrons. The molecular weight excluding hydrogens is 152 g/mol. The number of allylic oxidation sites excluding steroid dienone is 3. The first kappa shape index (κ1) is 7.62. The highest BCUT2D eigenvalue weighted by Gasteiger charge is 2.25. The van der Waals surface area contributed by atoms with Crippen molar-refractivity contribution in [1.29, 1.82) is 0 Å². The molecule has 2 heteroatoms. The van der Waals surface area contributed by atoms with Gasteiger partial charge in [0.25, 0.3) is 0 Å². The van der Waals surface area contributed by atoms with E-state index >= 15 is 0 Å². The summed E-state index contributed by atoms with van der Waals surface area (Å²) < 4.78 is 10.6. The zero-order valence-electron chi connectivity index (χ0n) is 6.95. The molecule has 1 fully saturated rings. The monoisotopic (exact) mass is 164 g/mol. The average molecular weight is 164 g/mol. The molecule has 2 aliphatic rings. The summed E-state index contributed by atoms with van der Waals surface area (Å²) in [5.41, 5.74) is 1.37. The van der Waals surface area contributed by atoms with Gasteiger partial charge in [-0.2, -0.15) is 0 Å². The summed E-state index contributed by atoms with van der Waals surface area (Å²) in [5.74, 6) is 0.975. The fourth-order valence-corrected chi connectivity index (χ4v) is 1.52. The molecule has 2 rings (SSSR count). The Bertz CT molecular complexity index is 251. The third kappa shape index (κ3) is 1.30. The molecule has 1 unspecified atom stereocenters. The molecule has 0 saturated carbocycles. The van der Waals surface area contributed by atoms with E-state index in [1.54, 1.807) is 0 Å². The first-order chi connectivity index (χ1) is 5.90. The van der Waals surface area contributed by atoms with Crippen LogP contribution in [0.5, 0.6) is 0 Å². The Labute approximate surface area is 72.2 Å². The molecule has 2 nitrogen and oxygen atoms in total. The second-order valence-corrected chi connectivity index (χ2v) is 3.01. The SMILES string of the molecule is C=CCC1=CC=C2OCOC2C1. The van der Waals surface area contributed by atoms with Crippen molar-refractivity contribution in [2.24, 2.45) is 0 Å². The van der Waals surface area contributed by atoms with E-state index in [1.807, 2.05) is 12.2 Å². The number of fused-ring (bicyclic) bond motifs is 1. The third-order valence-corrected chi connectivity index (χ3v) is 2.15. The normalized spacial score (nSPS) is 26.8.